The topological polar surface area (TPSA) is 72.7 Å². The number of nitrogens with one attached hydrogen (secondary N) is 1. The summed E-state index contributed by atoms with van der Waals surface area (Å²) in [4.78, 5) is 25.1. The van der Waals surface area contributed by atoms with Gasteiger partial charge in [0.2, 0.25) is 0 Å². The average molecular weight is 137 g/mol. The van der Waals surface area contributed by atoms with Crippen LogP contribution in [0.1, 0.15) is 0 Å². The third kappa shape index (κ3) is 6.06. The summed E-state index contributed by atoms with van der Waals surface area (Å²) >= 11 is 0. The zero-order chi connectivity index (χ0) is 6.62. The van der Waals surface area contributed by atoms with Crippen molar-refractivity contribution in [3.05, 3.63) is 0 Å². The molecule has 0 unspecified atom stereocenters. The fourth-order valence-electron chi connectivity index (χ4n) is 0.293. The molecule has 0 fully saturated rings. The van der Waals surface area contributed by atoms with Crippen molar-refractivity contribution in [3.8, 4) is 0 Å². The monoisotopic (exact) mass is 137 g/mol. The Balaban J connectivity index is 3.11. The highest BCUT2D eigenvalue weighted by Gasteiger charge is 2.24. The minimum absolute atomic E-state index is 0.0590. The van der Waals surface area contributed by atoms with E-state index in [0.717, 1.165) is 0 Å². The van der Waals surface area contributed by atoms with Gasteiger partial charge in [0.25, 0.3) is 0 Å². The second kappa shape index (κ2) is 3.16. The van der Waals surface area contributed by atoms with Crippen LogP contribution in [-0.2, 0) is 0 Å². The summed E-state index contributed by atoms with van der Waals surface area (Å²) in [6.45, 7) is 0.440. The molecule has 0 spiro atoms. The summed E-state index contributed by atoms with van der Waals surface area (Å²) in [5.41, 5.74) is 0. The van der Waals surface area contributed by atoms with E-state index < -0.39 is 8.80 Å². The lowest BCUT2D eigenvalue weighted by Crippen LogP contribution is -2.37. The molecule has 0 aliphatic heterocycles. The Morgan fingerprint density at radius 1 is 1.38 bits per heavy atom. The molecule has 0 atom stereocenters. The van der Waals surface area contributed by atoms with Crippen LogP contribution >= 0.6 is 0 Å². The van der Waals surface area contributed by atoms with Crippen molar-refractivity contribution in [2.75, 3.05) is 13.6 Å². The van der Waals surface area contributed by atoms with Crippen molar-refractivity contribution in [2.45, 2.75) is 6.04 Å². The first kappa shape index (κ1) is 8.06. The highest BCUT2D eigenvalue weighted by atomic mass is 28.4. The van der Waals surface area contributed by atoms with Crippen LogP contribution in [0.15, 0.2) is 0 Å². The summed E-state index contributed by atoms with van der Waals surface area (Å²) in [5, 5.41) is 2.68. The average Bonchev–Trinajstić information content (AvgIpc) is 1.59. The van der Waals surface area contributed by atoms with Gasteiger partial charge in [-0.05, 0) is 13.6 Å². The number of hydrogen-bond acceptors (Lipinski definition) is 4. The Morgan fingerprint density at radius 3 is 2.00 bits per heavy atom. The SMILES string of the molecule is CNCC[Si](O)(O)O. The minimum atomic E-state index is -3.74. The maximum absolute atomic E-state index is 8.36. The maximum atomic E-state index is 8.36. The standard InChI is InChI=1S/C3H11NO3Si/c1-4-2-3-8(5,6)7/h4-7H,2-3H2,1H3. The zero-order valence-corrected chi connectivity index (χ0v) is 5.76. The van der Waals surface area contributed by atoms with E-state index in [1.165, 1.54) is 0 Å². The van der Waals surface area contributed by atoms with Gasteiger partial charge in [0.05, 0.1) is 0 Å². The largest absolute Gasteiger partial charge is 0.494 e. The van der Waals surface area contributed by atoms with Gasteiger partial charge in [0.1, 0.15) is 0 Å². The lowest BCUT2D eigenvalue weighted by atomic mass is 10.8. The minimum Gasteiger partial charge on any atom is -0.390 e. The molecule has 0 saturated carbocycles. The summed E-state index contributed by atoms with van der Waals surface area (Å²) in [6.07, 6.45) is 0. The third-order valence-corrected chi connectivity index (χ3v) is 1.63. The van der Waals surface area contributed by atoms with E-state index in [4.69, 9.17) is 14.4 Å². The summed E-state index contributed by atoms with van der Waals surface area (Å²) in [5.74, 6) is 0. The van der Waals surface area contributed by atoms with Gasteiger partial charge < -0.3 is 19.7 Å². The van der Waals surface area contributed by atoms with E-state index in [1.54, 1.807) is 7.05 Å². The Labute approximate surface area is 49.2 Å². The van der Waals surface area contributed by atoms with Crippen LogP contribution in [0, 0.1) is 0 Å². The quantitative estimate of drug-likeness (QED) is 0.344. The van der Waals surface area contributed by atoms with E-state index in [0.29, 0.717) is 6.54 Å². The Bertz CT molecular complexity index is 62.0. The smallest absolute Gasteiger partial charge is 0.390 e. The molecule has 0 radical (unpaired) electrons. The molecule has 4 nitrogen and oxygen atoms in total. The van der Waals surface area contributed by atoms with Gasteiger partial charge in [-0.2, -0.15) is 0 Å². The van der Waals surface area contributed by atoms with E-state index in [-0.39, 0.29) is 6.04 Å². The van der Waals surface area contributed by atoms with Gasteiger partial charge >= 0.3 is 8.80 Å². The van der Waals surface area contributed by atoms with Gasteiger partial charge in [-0.25, -0.2) is 0 Å². The van der Waals surface area contributed by atoms with Crippen LogP contribution in [0.2, 0.25) is 6.04 Å². The number of hydrogen-bond donors (Lipinski definition) is 4. The molecule has 8 heavy (non-hydrogen) atoms. The summed E-state index contributed by atoms with van der Waals surface area (Å²) in [7, 11) is -2.06. The van der Waals surface area contributed by atoms with Gasteiger partial charge in [-0.3, -0.25) is 0 Å². The van der Waals surface area contributed by atoms with E-state index in [9.17, 15) is 0 Å². The third-order valence-electron chi connectivity index (χ3n) is 0.710. The normalized spacial score (nSPS) is 12.0. The second-order valence-electron chi connectivity index (χ2n) is 1.63. The van der Waals surface area contributed by atoms with Crippen molar-refractivity contribution >= 4 is 8.80 Å². The predicted molar refractivity (Wildman–Crippen MR) is 31.1 cm³/mol. The summed E-state index contributed by atoms with van der Waals surface area (Å²) in [6, 6.07) is 0.0590. The van der Waals surface area contributed by atoms with Crippen LogP contribution in [0.25, 0.3) is 0 Å². The van der Waals surface area contributed by atoms with E-state index in [2.05, 4.69) is 5.32 Å². The molecule has 0 aromatic rings. The Kier molecular flexibility index (Phi) is 3.18. The Morgan fingerprint density at radius 2 is 1.88 bits per heavy atom. The number of rotatable bonds is 3. The fourth-order valence-corrected chi connectivity index (χ4v) is 0.878. The molecule has 5 heteroatoms. The Hall–Kier alpha value is 0.0569. The van der Waals surface area contributed by atoms with Crippen molar-refractivity contribution < 1.29 is 14.4 Å². The molecule has 0 aliphatic carbocycles. The molecule has 4 N–H and O–H groups in total. The molecule has 0 aliphatic rings. The van der Waals surface area contributed by atoms with Crippen LogP contribution in [-0.4, -0.2) is 36.8 Å². The molecule has 0 heterocycles. The molecule has 0 aromatic carbocycles. The first-order chi connectivity index (χ1) is 3.56. The van der Waals surface area contributed by atoms with Crippen LogP contribution in [0.3, 0.4) is 0 Å². The lowest BCUT2D eigenvalue weighted by Gasteiger charge is -2.06. The second-order valence-corrected chi connectivity index (χ2v) is 3.68. The zero-order valence-electron chi connectivity index (χ0n) is 4.76. The molecular weight excluding hydrogens is 126 g/mol. The van der Waals surface area contributed by atoms with Crippen LogP contribution < -0.4 is 5.32 Å². The van der Waals surface area contributed by atoms with Crippen LogP contribution in [0.4, 0.5) is 0 Å². The van der Waals surface area contributed by atoms with Gasteiger partial charge in [-0.1, -0.05) is 0 Å². The first-order valence-corrected chi connectivity index (χ1v) is 4.43. The molecule has 50 valence electrons. The van der Waals surface area contributed by atoms with Crippen molar-refractivity contribution in [2.24, 2.45) is 0 Å². The molecule has 0 bridgehead atoms. The molecule has 0 rings (SSSR count). The van der Waals surface area contributed by atoms with Crippen LogP contribution in [0.5, 0.6) is 0 Å². The highest BCUT2D eigenvalue weighted by Crippen LogP contribution is 1.91. The van der Waals surface area contributed by atoms with Gasteiger partial charge in [0.15, 0.2) is 0 Å². The van der Waals surface area contributed by atoms with Crippen molar-refractivity contribution in [1.29, 1.82) is 0 Å². The fraction of sp³-hybridized carbons (Fsp3) is 1.00. The highest BCUT2D eigenvalue weighted by molar-refractivity contribution is 6.56. The van der Waals surface area contributed by atoms with Crippen molar-refractivity contribution in [3.63, 3.8) is 0 Å². The van der Waals surface area contributed by atoms with Gasteiger partial charge in [0, 0.05) is 6.04 Å². The maximum Gasteiger partial charge on any atom is 0.494 e. The first-order valence-electron chi connectivity index (χ1n) is 2.38. The summed E-state index contributed by atoms with van der Waals surface area (Å²) < 4.78 is 0. The molecule has 0 saturated heterocycles. The molecule has 0 amide bonds. The van der Waals surface area contributed by atoms with Crippen molar-refractivity contribution in [1.82, 2.24) is 5.32 Å². The predicted octanol–water partition coefficient (Wildman–Crippen LogP) is -1.88. The molecular formula is C3H11NO3Si. The van der Waals surface area contributed by atoms with E-state index in [1.807, 2.05) is 0 Å². The van der Waals surface area contributed by atoms with E-state index >= 15 is 0 Å². The molecule has 0 aromatic heterocycles. The lowest BCUT2D eigenvalue weighted by molar-refractivity contribution is 0.227. The van der Waals surface area contributed by atoms with Gasteiger partial charge in [-0.15, -0.1) is 0 Å².